The van der Waals surface area contributed by atoms with Crippen LogP contribution in [-0.4, -0.2) is 18.9 Å². The number of rotatable bonds is 3. The van der Waals surface area contributed by atoms with Crippen LogP contribution in [0, 0.1) is 5.82 Å². The van der Waals surface area contributed by atoms with E-state index >= 15 is 0 Å². The van der Waals surface area contributed by atoms with Crippen molar-refractivity contribution in [2.24, 2.45) is 0 Å². The normalized spacial score (nSPS) is 10.2. The van der Waals surface area contributed by atoms with Gasteiger partial charge in [-0.25, -0.2) is 9.18 Å². The van der Waals surface area contributed by atoms with E-state index in [9.17, 15) is 14.0 Å². The van der Waals surface area contributed by atoms with Gasteiger partial charge in [0, 0.05) is 11.1 Å². The Morgan fingerprint density at radius 2 is 1.80 bits per heavy atom. The SMILES string of the molecule is COC(=O)c1ccc(F)c(-c2cccc(C(C)=O)c2)c1. The third-order valence-electron chi connectivity index (χ3n) is 2.97. The summed E-state index contributed by atoms with van der Waals surface area (Å²) in [4.78, 5) is 22.9. The van der Waals surface area contributed by atoms with Crippen LogP contribution in [0.15, 0.2) is 42.5 Å². The van der Waals surface area contributed by atoms with Gasteiger partial charge in [0.15, 0.2) is 5.78 Å². The van der Waals surface area contributed by atoms with E-state index < -0.39 is 11.8 Å². The number of benzene rings is 2. The molecule has 2 aromatic rings. The molecule has 0 aliphatic heterocycles. The lowest BCUT2D eigenvalue weighted by molar-refractivity contribution is 0.0600. The molecule has 2 rings (SSSR count). The van der Waals surface area contributed by atoms with Crippen molar-refractivity contribution in [3.05, 3.63) is 59.4 Å². The van der Waals surface area contributed by atoms with Crippen LogP contribution in [0.2, 0.25) is 0 Å². The Hall–Kier alpha value is -2.49. The van der Waals surface area contributed by atoms with Gasteiger partial charge in [-0.05, 0) is 36.8 Å². The summed E-state index contributed by atoms with van der Waals surface area (Å²) in [6.07, 6.45) is 0. The Kier molecular flexibility index (Phi) is 3.94. The molecule has 0 atom stereocenters. The van der Waals surface area contributed by atoms with Gasteiger partial charge in [0.2, 0.25) is 0 Å². The van der Waals surface area contributed by atoms with Crippen LogP contribution in [0.1, 0.15) is 27.6 Å². The largest absolute Gasteiger partial charge is 0.465 e. The first kappa shape index (κ1) is 13.9. The lowest BCUT2D eigenvalue weighted by Gasteiger charge is -2.07. The minimum Gasteiger partial charge on any atom is -0.465 e. The molecule has 0 N–H and O–H groups in total. The van der Waals surface area contributed by atoms with Crippen molar-refractivity contribution in [1.29, 1.82) is 0 Å². The van der Waals surface area contributed by atoms with Crippen LogP contribution in [0.25, 0.3) is 11.1 Å². The molecule has 0 heterocycles. The maximum Gasteiger partial charge on any atom is 0.337 e. The Labute approximate surface area is 116 Å². The fraction of sp³-hybridized carbons (Fsp3) is 0.125. The van der Waals surface area contributed by atoms with Crippen LogP contribution >= 0.6 is 0 Å². The fourth-order valence-corrected chi connectivity index (χ4v) is 1.90. The van der Waals surface area contributed by atoms with Crippen molar-refractivity contribution in [1.82, 2.24) is 0 Å². The second kappa shape index (κ2) is 5.65. The molecule has 102 valence electrons. The molecule has 0 aliphatic rings. The summed E-state index contributed by atoms with van der Waals surface area (Å²) in [5.41, 5.74) is 1.56. The number of ketones is 1. The number of ether oxygens (including phenoxy) is 1. The van der Waals surface area contributed by atoms with Crippen molar-refractivity contribution in [3.63, 3.8) is 0 Å². The minimum absolute atomic E-state index is 0.101. The quantitative estimate of drug-likeness (QED) is 0.634. The first-order valence-electron chi connectivity index (χ1n) is 6.02. The first-order chi connectivity index (χ1) is 9.52. The topological polar surface area (TPSA) is 43.4 Å². The molecule has 4 heteroatoms. The van der Waals surface area contributed by atoms with E-state index in [1.54, 1.807) is 24.3 Å². The van der Waals surface area contributed by atoms with Crippen molar-refractivity contribution in [2.75, 3.05) is 7.11 Å². The molecular weight excluding hydrogens is 259 g/mol. The Bertz CT molecular complexity index is 677. The van der Waals surface area contributed by atoms with Crippen LogP contribution in [0.5, 0.6) is 0 Å². The van der Waals surface area contributed by atoms with E-state index in [4.69, 9.17) is 0 Å². The molecule has 0 saturated heterocycles. The second-order valence-electron chi connectivity index (χ2n) is 4.32. The zero-order chi connectivity index (χ0) is 14.7. The van der Waals surface area contributed by atoms with E-state index in [-0.39, 0.29) is 16.9 Å². The number of hydrogen-bond donors (Lipinski definition) is 0. The molecule has 0 fully saturated rings. The van der Waals surface area contributed by atoms with Gasteiger partial charge in [-0.3, -0.25) is 4.79 Å². The third-order valence-corrected chi connectivity index (χ3v) is 2.97. The minimum atomic E-state index is -0.533. The summed E-state index contributed by atoms with van der Waals surface area (Å²) in [6.45, 7) is 1.44. The lowest BCUT2D eigenvalue weighted by atomic mass is 9.99. The average Bonchev–Trinajstić information content (AvgIpc) is 2.47. The van der Waals surface area contributed by atoms with Gasteiger partial charge in [-0.15, -0.1) is 0 Å². The molecule has 0 amide bonds. The maximum atomic E-state index is 13.9. The Morgan fingerprint density at radius 3 is 2.45 bits per heavy atom. The summed E-state index contributed by atoms with van der Waals surface area (Å²) in [5, 5.41) is 0. The van der Waals surface area contributed by atoms with Crippen LogP contribution in [0.4, 0.5) is 4.39 Å². The monoisotopic (exact) mass is 272 g/mol. The molecule has 20 heavy (non-hydrogen) atoms. The first-order valence-corrected chi connectivity index (χ1v) is 6.02. The van der Waals surface area contributed by atoms with E-state index in [2.05, 4.69) is 4.74 Å². The molecule has 0 aromatic heterocycles. The molecular formula is C16H13FO3. The predicted octanol–water partition coefficient (Wildman–Crippen LogP) is 3.48. The number of carbonyl (C=O) groups excluding carboxylic acids is 2. The molecule has 0 aliphatic carbocycles. The number of hydrogen-bond acceptors (Lipinski definition) is 3. The molecule has 0 bridgehead atoms. The highest BCUT2D eigenvalue weighted by molar-refractivity contribution is 5.96. The molecule has 3 nitrogen and oxygen atoms in total. The highest BCUT2D eigenvalue weighted by atomic mass is 19.1. The fourth-order valence-electron chi connectivity index (χ4n) is 1.90. The summed E-state index contributed by atoms with van der Waals surface area (Å²) in [6, 6.07) is 10.6. The summed E-state index contributed by atoms with van der Waals surface area (Å²) < 4.78 is 18.5. The molecule has 0 spiro atoms. The highest BCUT2D eigenvalue weighted by Gasteiger charge is 2.12. The van der Waals surface area contributed by atoms with Crippen molar-refractivity contribution >= 4 is 11.8 Å². The zero-order valence-electron chi connectivity index (χ0n) is 11.1. The highest BCUT2D eigenvalue weighted by Crippen LogP contribution is 2.25. The average molecular weight is 272 g/mol. The molecule has 0 unspecified atom stereocenters. The molecule has 2 aromatic carbocycles. The van der Waals surface area contributed by atoms with Gasteiger partial charge in [-0.2, -0.15) is 0 Å². The third kappa shape index (κ3) is 2.74. The van der Waals surface area contributed by atoms with Gasteiger partial charge in [0.1, 0.15) is 5.82 Å². The van der Waals surface area contributed by atoms with E-state index in [1.165, 1.54) is 32.2 Å². The number of carbonyl (C=O) groups is 2. The van der Waals surface area contributed by atoms with E-state index in [1.807, 2.05) is 0 Å². The van der Waals surface area contributed by atoms with Gasteiger partial charge in [-0.1, -0.05) is 18.2 Å². The Balaban J connectivity index is 2.54. The van der Waals surface area contributed by atoms with Crippen molar-refractivity contribution in [2.45, 2.75) is 6.92 Å². The van der Waals surface area contributed by atoms with Gasteiger partial charge in [0.05, 0.1) is 12.7 Å². The van der Waals surface area contributed by atoms with Crippen LogP contribution in [0.3, 0.4) is 0 Å². The standard InChI is InChI=1S/C16H13FO3/c1-10(18)11-4-3-5-12(8-11)14-9-13(16(19)20-2)6-7-15(14)17/h3-9H,1-2H3. The van der Waals surface area contributed by atoms with Crippen LogP contribution < -0.4 is 0 Å². The van der Waals surface area contributed by atoms with E-state index in [0.29, 0.717) is 11.1 Å². The molecule has 0 radical (unpaired) electrons. The summed E-state index contributed by atoms with van der Waals surface area (Å²) in [7, 11) is 1.27. The number of methoxy groups -OCH3 is 1. The maximum absolute atomic E-state index is 13.9. The number of halogens is 1. The van der Waals surface area contributed by atoms with Gasteiger partial charge >= 0.3 is 5.97 Å². The summed E-state index contributed by atoms with van der Waals surface area (Å²) >= 11 is 0. The van der Waals surface area contributed by atoms with Gasteiger partial charge < -0.3 is 4.74 Å². The Morgan fingerprint density at radius 1 is 1.05 bits per heavy atom. The summed E-state index contributed by atoms with van der Waals surface area (Å²) in [5.74, 6) is -1.09. The van der Waals surface area contributed by atoms with Gasteiger partial charge in [0.25, 0.3) is 0 Å². The van der Waals surface area contributed by atoms with E-state index in [0.717, 1.165) is 0 Å². The smallest absolute Gasteiger partial charge is 0.337 e. The second-order valence-corrected chi connectivity index (χ2v) is 4.32. The number of Topliss-reactive ketones (excluding diaryl/α,β-unsaturated/α-hetero) is 1. The van der Waals surface area contributed by atoms with Crippen LogP contribution in [-0.2, 0) is 4.74 Å². The van der Waals surface area contributed by atoms with Crippen molar-refractivity contribution in [3.8, 4) is 11.1 Å². The lowest BCUT2D eigenvalue weighted by Crippen LogP contribution is -2.02. The van der Waals surface area contributed by atoms with Crippen molar-refractivity contribution < 1.29 is 18.7 Å². The molecule has 0 saturated carbocycles. The number of esters is 1. The predicted molar refractivity (Wildman–Crippen MR) is 73.2 cm³/mol. The zero-order valence-corrected chi connectivity index (χ0v) is 11.1.